The van der Waals surface area contributed by atoms with Gasteiger partial charge < -0.3 is 4.74 Å². The molecule has 0 heterocycles. The Morgan fingerprint density at radius 1 is 0.920 bits per heavy atom. The fourth-order valence-electron chi connectivity index (χ4n) is 2.21. The van der Waals surface area contributed by atoms with Gasteiger partial charge in [-0.2, -0.15) is 0 Å². The van der Waals surface area contributed by atoms with Gasteiger partial charge in [0, 0.05) is 15.6 Å². The highest BCUT2D eigenvalue weighted by Gasteiger charge is 2.17. The van der Waals surface area contributed by atoms with Crippen molar-refractivity contribution >= 4 is 44.9 Å². The van der Waals surface area contributed by atoms with Gasteiger partial charge in [-0.15, -0.1) is 0 Å². The second kappa shape index (κ2) is 7.56. The van der Waals surface area contributed by atoms with Crippen LogP contribution in [0, 0.1) is 5.82 Å². The summed E-state index contributed by atoms with van der Waals surface area (Å²) in [7, 11) is 0. The number of benzene rings is 3. The van der Waals surface area contributed by atoms with Gasteiger partial charge >= 0.3 is 0 Å². The standard InChI is InChI=1S/C19H10BrCl2FO2/c20-13-6-7-17(16(23)10-13)25-19-14(21)8-12(9-15(19)22)18(24)11-4-2-1-3-5-11/h1-10H. The van der Waals surface area contributed by atoms with Gasteiger partial charge in [0.15, 0.2) is 23.1 Å². The van der Waals surface area contributed by atoms with E-state index in [9.17, 15) is 9.18 Å². The second-order valence-corrected chi connectivity index (χ2v) is 6.87. The average Bonchev–Trinajstić information content (AvgIpc) is 2.59. The summed E-state index contributed by atoms with van der Waals surface area (Å²) in [5.41, 5.74) is 0.840. The first-order valence-corrected chi connectivity index (χ1v) is 8.72. The lowest BCUT2D eigenvalue weighted by Gasteiger charge is -2.12. The first-order chi connectivity index (χ1) is 12.0. The quantitative estimate of drug-likeness (QED) is 0.412. The molecule has 6 heteroatoms. The van der Waals surface area contributed by atoms with E-state index in [0.717, 1.165) is 0 Å². The zero-order valence-electron chi connectivity index (χ0n) is 12.6. The normalized spacial score (nSPS) is 10.6. The summed E-state index contributed by atoms with van der Waals surface area (Å²) < 4.78 is 20.0. The van der Waals surface area contributed by atoms with Crippen LogP contribution in [0.4, 0.5) is 4.39 Å². The maximum Gasteiger partial charge on any atom is 0.193 e. The minimum Gasteiger partial charge on any atom is -0.451 e. The summed E-state index contributed by atoms with van der Waals surface area (Å²) in [6.45, 7) is 0. The van der Waals surface area contributed by atoms with Crippen LogP contribution in [0.1, 0.15) is 15.9 Å². The van der Waals surface area contributed by atoms with Crippen molar-refractivity contribution in [1.82, 2.24) is 0 Å². The summed E-state index contributed by atoms with van der Waals surface area (Å²) >= 11 is 15.6. The van der Waals surface area contributed by atoms with Gasteiger partial charge in [-0.05, 0) is 30.3 Å². The number of carbonyl (C=O) groups is 1. The zero-order chi connectivity index (χ0) is 18.0. The number of ketones is 1. The number of ether oxygens (including phenoxy) is 1. The van der Waals surface area contributed by atoms with Crippen LogP contribution < -0.4 is 4.74 Å². The number of carbonyl (C=O) groups excluding carboxylic acids is 1. The third-order valence-corrected chi connectivity index (χ3v) is 4.46. The fourth-order valence-corrected chi connectivity index (χ4v) is 3.11. The van der Waals surface area contributed by atoms with Crippen LogP contribution in [-0.2, 0) is 0 Å². The molecule has 3 aromatic rings. The van der Waals surface area contributed by atoms with Crippen molar-refractivity contribution in [2.24, 2.45) is 0 Å². The van der Waals surface area contributed by atoms with Crippen LogP contribution in [-0.4, -0.2) is 5.78 Å². The molecule has 0 aromatic heterocycles. The molecule has 0 unspecified atom stereocenters. The highest BCUT2D eigenvalue weighted by Crippen LogP contribution is 2.39. The summed E-state index contributed by atoms with van der Waals surface area (Å²) in [4.78, 5) is 12.5. The summed E-state index contributed by atoms with van der Waals surface area (Å²) in [6, 6.07) is 16.0. The molecule has 2 nitrogen and oxygen atoms in total. The van der Waals surface area contributed by atoms with Crippen molar-refractivity contribution in [2.45, 2.75) is 0 Å². The Morgan fingerprint density at radius 3 is 2.16 bits per heavy atom. The molecule has 126 valence electrons. The predicted octanol–water partition coefficient (Wildman–Crippen LogP) is 6.92. The molecule has 0 amide bonds. The molecule has 0 aliphatic heterocycles. The van der Waals surface area contributed by atoms with Crippen molar-refractivity contribution in [2.75, 3.05) is 0 Å². The van der Waals surface area contributed by atoms with Gasteiger partial charge in [0.2, 0.25) is 0 Å². The Morgan fingerprint density at radius 2 is 1.56 bits per heavy atom. The van der Waals surface area contributed by atoms with E-state index in [1.807, 2.05) is 6.07 Å². The average molecular weight is 440 g/mol. The Kier molecular flexibility index (Phi) is 5.42. The van der Waals surface area contributed by atoms with E-state index < -0.39 is 5.82 Å². The highest BCUT2D eigenvalue weighted by molar-refractivity contribution is 9.10. The van der Waals surface area contributed by atoms with E-state index in [-0.39, 0.29) is 27.3 Å². The van der Waals surface area contributed by atoms with Gasteiger partial charge in [-0.3, -0.25) is 4.79 Å². The van der Waals surface area contributed by atoms with E-state index in [2.05, 4.69) is 15.9 Å². The Hall–Kier alpha value is -1.88. The van der Waals surface area contributed by atoms with E-state index in [1.165, 1.54) is 24.3 Å². The minimum absolute atomic E-state index is 0.0193. The highest BCUT2D eigenvalue weighted by atomic mass is 79.9. The smallest absolute Gasteiger partial charge is 0.193 e. The second-order valence-electron chi connectivity index (χ2n) is 5.14. The van der Waals surface area contributed by atoms with E-state index >= 15 is 0 Å². The Labute approximate surface area is 162 Å². The first-order valence-electron chi connectivity index (χ1n) is 7.17. The number of hydrogen-bond acceptors (Lipinski definition) is 2. The van der Waals surface area contributed by atoms with E-state index in [0.29, 0.717) is 15.6 Å². The molecular weight excluding hydrogens is 430 g/mol. The Bertz CT molecular complexity index is 922. The first kappa shape index (κ1) is 17.9. The van der Waals surface area contributed by atoms with Crippen LogP contribution >= 0.6 is 39.1 Å². The molecule has 0 bridgehead atoms. The van der Waals surface area contributed by atoms with Crippen LogP contribution in [0.2, 0.25) is 10.0 Å². The maximum atomic E-state index is 13.9. The van der Waals surface area contributed by atoms with Crippen molar-refractivity contribution < 1.29 is 13.9 Å². The Balaban J connectivity index is 1.94. The molecule has 0 atom stereocenters. The van der Waals surface area contributed by atoms with Crippen LogP contribution in [0.3, 0.4) is 0 Å². The largest absolute Gasteiger partial charge is 0.451 e. The molecule has 0 saturated heterocycles. The van der Waals surface area contributed by atoms with Gasteiger partial charge in [-0.1, -0.05) is 69.5 Å². The molecule has 3 rings (SSSR count). The van der Waals surface area contributed by atoms with Crippen molar-refractivity contribution in [3.05, 3.63) is 92.1 Å². The maximum absolute atomic E-state index is 13.9. The number of rotatable bonds is 4. The molecule has 0 N–H and O–H groups in total. The molecule has 0 radical (unpaired) electrons. The fraction of sp³-hybridized carbons (Fsp3) is 0. The van der Waals surface area contributed by atoms with Crippen LogP contribution in [0.25, 0.3) is 0 Å². The molecule has 0 saturated carbocycles. The third-order valence-electron chi connectivity index (χ3n) is 3.40. The summed E-state index contributed by atoms with van der Waals surface area (Å²) in [5, 5.41) is 0.239. The lowest BCUT2D eigenvalue weighted by Crippen LogP contribution is -2.02. The SMILES string of the molecule is O=C(c1ccccc1)c1cc(Cl)c(Oc2ccc(Br)cc2F)c(Cl)c1. The van der Waals surface area contributed by atoms with Gasteiger partial charge in [0.25, 0.3) is 0 Å². The zero-order valence-corrected chi connectivity index (χ0v) is 15.7. The molecule has 0 aliphatic rings. The number of halogens is 4. The third kappa shape index (κ3) is 4.03. The van der Waals surface area contributed by atoms with Crippen LogP contribution in [0.5, 0.6) is 11.5 Å². The molecule has 0 fully saturated rings. The van der Waals surface area contributed by atoms with Crippen molar-refractivity contribution in [1.29, 1.82) is 0 Å². The van der Waals surface area contributed by atoms with Gasteiger partial charge in [-0.25, -0.2) is 4.39 Å². The minimum atomic E-state index is -0.564. The topological polar surface area (TPSA) is 26.3 Å². The van der Waals surface area contributed by atoms with Crippen LogP contribution in [0.15, 0.2) is 65.1 Å². The van der Waals surface area contributed by atoms with E-state index in [4.69, 9.17) is 27.9 Å². The van der Waals surface area contributed by atoms with Gasteiger partial charge in [0.05, 0.1) is 10.0 Å². The van der Waals surface area contributed by atoms with Crippen molar-refractivity contribution in [3.63, 3.8) is 0 Å². The molecule has 3 aromatic carbocycles. The molecule has 0 aliphatic carbocycles. The lowest BCUT2D eigenvalue weighted by molar-refractivity contribution is 0.103. The monoisotopic (exact) mass is 438 g/mol. The predicted molar refractivity (Wildman–Crippen MR) is 101 cm³/mol. The molecule has 25 heavy (non-hydrogen) atoms. The molecule has 0 spiro atoms. The lowest BCUT2D eigenvalue weighted by atomic mass is 10.0. The van der Waals surface area contributed by atoms with Crippen molar-refractivity contribution in [3.8, 4) is 11.5 Å². The molecular formula is C19H10BrCl2FO2. The number of hydrogen-bond donors (Lipinski definition) is 0. The van der Waals surface area contributed by atoms with E-state index in [1.54, 1.807) is 30.3 Å². The summed E-state index contributed by atoms with van der Waals surface area (Å²) in [6.07, 6.45) is 0. The van der Waals surface area contributed by atoms with Gasteiger partial charge in [0.1, 0.15) is 0 Å². The summed E-state index contributed by atoms with van der Waals surface area (Å²) in [5.74, 6) is -0.708.